The first-order chi connectivity index (χ1) is 8.61. The third kappa shape index (κ3) is 2.84. The van der Waals surface area contributed by atoms with Crippen LogP contribution in [0.2, 0.25) is 0 Å². The molecule has 7 heteroatoms. The van der Waals surface area contributed by atoms with E-state index in [-0.39, 0.29) is 11.3 Å². The van der Waals surface area contributed by atoms with Crippen molar-refractivity contribution in [1.29, 1.82) is 0 Å². The van der Waals surface area contributed by atoms with E-state index in [0.29, 0.717) is 18.0 Å². The molecule has 3 atom stereocenters. The first kappa shape index (κ1) is 13.4. The van der Waals surface area contributed by atoms with Gasteiger partial charge in [-0.15, -0.1) is 0 Å². The zero-order chi connectivity index (χ0) is 13.1. The van der Waals surface area contributed by atoms with E-state index in [1.165, 1.54) is 11.8 Å². The Hall–Kier alpha value is -1.08. The number of carboxylic acid groups (broad SMARTS) is 1. The molecule has 0 aromatic heterocycles. The van der Waals surface area contributed by atoms with Gasteiger partial charge in [-0.25, -0.2) is 0 Å². The van der Waals surface area contributed by atoms with Crippen molar-refractivity contribution in [2.45, 2.75) is 38.0 Å². The van der Waals surface area contributed by atoms with Crippen LogP contribution in [0.4, 0.5) is 0 Å². The molecule has 2 N–H and O–H groups in total. The lowest BCUT2D eigenvalue weighted by molar-refractivity contribution is -0.145. The number of rotatable bonds is 3. The number of carbonyl (C=O) groups excluding carboxylic acids is 1. The first-order valence-electron chi connectivity index (χ1n) is 6.10. The standard InChI is InChI=1S/C11H16N3O3S/c1-2-8-13-14-11(18-8)12-9(15)6-4-3-5-7(6)10(16)17/h6-8,13H,2-5H2,1H3,(H,16,17). The monoisotopic (exact) mass is 270 g/mol. The zero-order valence-corrected chi connectivity index (χ0v) is 10.9. The number of thioether (sulfide) groups is 1. The van der Waals surface area contributed by atoms with Gasteiger partial charge in [-0.3, -0.25) is 9.59 Å². The SMILES string of the molecule is CCC1N[N]C(=NC(=O)C2CCCC2C(=O)O)S1. The van der Waals surface area contributed by atoms with Gasteiger partial charge in [-0.05, 0) is 19.3 Å². The second-order valence-electron chi connectivity index (χ2n) is 4.47. The number of carbonyl (C=O) groups is 2. The number of amides is 1. The Morgan fingerprint density at radius 1 is 1.50 bits per heavy atom. The Labute approximate surface area is 110 Å². The van der Waals surface area contributed by atoms with E-state index in [0.717, 1.165) is 12.8 Å². The van der Waals surface area contributed by atoms with Crippen LogP contribution in [0.25, 0.3) is 0 Å². The number of aliphatic imine (C=N–C) groups is 1. The predicted molar refractivity (Wildman–Crippen MR) is 67.8 cm³/mol. The molecule has 1 heterocycles. The summed E-state index contributed by atoms with van der Waals surface area (Å²) in [5.74, 6) is -2.30. The van der Waals surface area contributed by atoms with Gasteiger partial charge in [0, 0.05) is 0 Å². The highest BCUT2D eigenvalue weighted by Crippen LogP contribution is 2.33. The number of nitrogens with one attached hydrogen (secondary N) is 1. The normalized spacial score (nSPS) is 33.6. The van der Waals surface area contributed by atoms with Crippen LogP contribution in [0.15, 0.2) is 4.99 Å². The predicted octanol–water partition coefficient (Wildman–Crippen LogP) is 0.962. The summed E-state index contributed by atoms with van der Waals surface area (Å²) < 4.78 is 0. The Kier molecular flexibility index (Phi) is 4.23. The molecule has 1 saturated carbocycles. The molecule has 1 amide bonds. The topological polar surface area (TPSA) is 92.9 Å². The van der Waals surface area contributed by atoms with Crippen LogP contribution in [0.3, 0.4) is 0 Å². The maximum atomic E-state index is 12.0. The van der Waals surface area contributed by atoms with Gasteiger partial charge in [0.15, 0.2) is 0 Å². The van der Waals surface area contributed by atoms with Gasteiger partial charge in [0.1, 0.15) is 0 Å². The van der Waals surface area contributed by atoms with Crippen LogP contribution >= 0.6 is 11.8 Å². The molecule has 2 rings (SSSR count). The van der Waals surface area contributed by atoms with Crippen LogP contribution < -0.4 is 10.9 Å². The summed E-state index contributed by atoms with van der Waals surface area (Å²) >= 11 is 1.41. The van der Waals surface area contributed by atoms with E-state index in [1.54, 1.807) is 0 Å². The Bertz CT molecular complexity index is 386. The van der Waals surface area contributed by atoms with Crippen molar-refractivity contribution in [1.82, 2.24) is 10.9 Å². The van der Waals surface area contributed by atoms with E-state index in [1.807, 2.05) is 6.92 Å². The third-order valence-corrected chi connectivity index (χ3v) is 4.40. The van der Waals surface area contributed by atoms with E-state index < -0.39 is 17.8 Å². The highest BCUT2D eigenvalue weighted by molar-refractivity contribution is 8.14. The Morgan fingerprint density at radius 3 is 2.83 bits per heavy atom. The smallest absolute Gasteiger partial charge is 0.307 e. The number of aliphatic carboxylic acids is 1. The van der Waals surface area contributed by atoms with Gasteiger partial charge in [0.25, 0.3) is 5.91 Å². The van der Waals surface area contributed by atoms with Gasteiger partial charge in [-0.1, -0.05) is 25.1 Å². The number of amidine groups is 1. The molecule has 1 saturated heterocycles. The fourth-order valence-corrected chi connectivity index (χ4v) is 3.04. The number of nitrogens with zero attached hydrogens (tertiary/aromatic N) is 2. The Morgan fingerprint density at radius 2 is 2.22 bits per heavy atom. The highest BCUT2D eigenvalue weighted by atomic mass is 32.2. The van der Waals surface area contributed by atoms with E-state index in [9.17, 15) is 9.59 Å². The molecule has 0 bridgehead atoms. The molecular weight excluding hydrogens is 254 g/mol. The third-order valence-electron chi connectivity index (χ3n) is 3.28. The number of hydrogen-bond acceptors (Lipinski definition) is 4. The average Bonchev–Trinajstić information content (AvgIpc) is 2.96. The van der Waals surface area contributed by atoms with Crippen LogP contribution in [0.1, 0.15) is 32.6 Å². The van der Waals surface area contributed by atoms with Gasteiger partial charge in [0.05, 0.1) is 17.2 Å². The molecule has 3 unspecified atom stereocenters. The van der Waals surface area contributed by atoms with Crippen molar-refractivity contribution in [2.24, 2.45) is 16.8 Å². The van der Waals surface area contributed by atoms with Crippen LogP contribution in [-0.2, 0) is 9.59 Å². The molecule has 0 aromatic carbocycles. The summed E-state index contributed by atoms with van der Waals surface area (Å²) in [6, 6.07) is 0. The Balaban J connectivity index is 1.99. The van der Waals surface area contributed by atoms with Crippen molar-refractivity contribution < 1.29 is 14.7 Å². The van der Waals surface area contributed by atoms with Crippen molar-refractivity contribution in [2.75, 3.05) is 0 Å². The number of hydrogen-bond donors (Lipinski definition) is 2. The lowest BCUT2D eigenvalue weighted by Crippen LogP contribution is -2.27. The van der Waals surface area contributed by atoms with Gasteiger partial charge in [0.2, 0.25) is 5.17 Å². The minimum absolute atomic E-state index is 0.162. The van der Waals surface area contributed by atoms with E-state index >= 15 is 0 Å². The maximum absolute atomic E-state index is 12.0. The fourth-order valence-electron chi connectivity index (χ4n) is 2.26. The average molecular weight is 270 g/mol. The second kappa shape index (κ2) is 5.71. The largest absolute Gasteiger partial charge is 0.481 e. The highest BCUT2D eigenvalue weighted by Gasteiger charge is 2.38. The summed E-state index contributed by atoms with van der Waals surface area (Å²) in [5, 5.41) is 9.61. The summed E-state index contributed by atoms with van der Waals surface area (Å²) in [6.45, 7) is 2.02. The quantitative estimate of drug-likeness (QED) is 0.797. The molecule has 1 aliphatic heterocycles. The van der Waals surface area contributed by atoms with Crippen molar-refractivity contribution in [3.63, 3.8) is 0 Å². The molecule has 0 aromatic rings. The molecule has 6 nitrogen and oxygen atoms in total. The molecule has 0 spiro atoms. The van der Waals surface area contributed by atoms with Crippen LogP contribution in [-0.4, -0.2) is 27.5 Å². The minimum atomic E-state index is -0.897. The molecule has 2 fully saturated rings. The minimum Gasteiger partial charge on any atom is -0.481 e. The molecule has 2 aliphatic rings. The lowest BCUT2D eigenvalue weighted by Gasteiger charge is -2.11. The van der Waals surface area contributed by atoms with Crippen molar-refractivity contribution in [3.8, 4) is 0 Å². The molecule has 99 valence electrons. The molecule has 1 aliphatic carbocycles. The first-order valence-corrected chi connectivity index (χ1v) is 6.98. The maximum Gasteiger partial charge on any atom is 0.307 e. The summed E-state index contributed by atoms with van der Waals surface area (Å²) in [6.07, 6.45) is 2.85. The van der Waals surface area contributed by atoms with Crippen molar-refractivity contribution in [3.05, 3.63) is 0 Å². The van der Waals surface area contributed by atoms with Gasteiger partial charge in [-0.2, -0.15) is 15.8 Å². The van der Waals surface area contributed by atoms with Gasteiger partial charge < -0.3 is 5.11 Å². The van der Waals surface area contributed by atoms with E-state index in [4.69, 9.17) is 5.11 Å². The lowest BCUT2D eigenvalue weighted by atomic mass is 9.96. The molecule has 1 radical (unpaired) electrons. The van der Waals surface area contributed by atoms with Crippen LogP contribution in [0.5, 0.6) is 0 Å². The fraction of sp³-hybridized carbons (Fsp3) is 0.727. The van der Waals surface area contributed by atoms with E-state index in [2.05, 4.69) is 15.8 Å². The zero-order valence-electron chi connectivity index (χ0n) is 10.1. The van der Waals surface area contributed by atoms with Gasteiger partial charge >= 0.3 is 5.97 Å². The molecule has 18 heavy (non-hydrogen) atoms. The van der Waals surface area contributed by atoms with Crippen LogP contribution in [0, 0.1) is 11.8 Å². The molecular formula is C11H16N3O3S. The number of carboxylic acids is 1. The summed E-state index contributed by atoms with van der Waals surface area (Å²) in [5.41, 5.74) is 6.84. The summed E-state index contributed by atoms with van der Waals surface area (Å²) in [4.78, 5) is 26.9. The summed E-state index contributed by atoms with van der Waals surface area (Å²) in [7, 11) is 0. The second-order valence-corrected chi connectivity index (χ2v) is 5.64. The van der Waals surface area contributed by atoms with Crippen molar-refractivity contribution >= 4 is 28.8 Å².